The minimum Gasteiger partial charge on any atom is -0.337 e. The lowest BCUT2D eigenvalue weighted by Crippen LogP contribution is -1.83. The van der Waals surface area contributed by atoms with Crippen LogP contribution in [0.15, 0.2) is 34.8 Å². The summed E-state index contributed by atoms with van der Waals surface area (Å²) >= 11 is 3.50. The third-order valence-electron chi connectivity index (χ3n) is 2.92. The quantitative estimate of drug-likeness (QED) is 0.738. The van der Waals surface area contributed by atoms with E-state index in [1.165, 1.54) is 5.56 Å². The Hall–Kier alpha value is -1.68. The third-order valence-corrected chi connectivity index (χ3v) is 3.81. The second kappa shape index (κ2) is 4.21. The Morgan fingerprint density at radius 2 is 1.89 bits per heavy atom. The number of fused-ring (bicyclic) bond motifs is 1. The van der Waals surface area contributed by atoms with Crippen molar-refractivity contribution in [2.45, 2.75) is 13.8 Å². The summed E-state index contributed by atoms with van der Waals surface area (Å²) < 4.78 is 1.11. The number of hydrogen-bond donors (Lipinski definition) is 1. The van der Waals surface area contributed by atoms with Crippen LogP contribution in [0.2, 0.25) is 0 Å². The number of nitrogens with one attached hydrogen (secondary N) is 1. The van der Waals surface area contributed by atoms with Crippen molar-refractivity contribution in [3.8, 4) is 11.4 Å². The van der Waals surface area contributed by atoms with Gasteiger partial charge in [0.25, 0.3) is 0 Å². The van der Waals surface area contributed by atoms with Gasteiger partial charge in [-0.2, -0.15) is 0 Å². The molecule has 1 N–H and O–H groups in total. The Morgan fingerprint density at radius 1 is 1.06 bits per heavy atom. The summed E-state index contributed by atoms with van der Waals surface area (Å²) in [6.45, 7) is 4.04. The number of benzene rings is 1. The number of pyridine rings is 1. The first kappa shape index (κ1) is 11.4. The average molecular weight is 302 g/mol. The lowest BCUT2D eigenvalue weighted by molar-refractivity contribution is 1.22. The molecule has 0 unspecified atom stereocenters. The van der Waals surface area contributed by atoms with Gasteiger partial charge in [-0.25, -0.2) is 9.97 Å². The summed E-state index contributed by atoms with van der Waals surface area (Å²) in [5.74, 6) is 0.860. The van der Waals surface area contributed by atoms with Gasteiger partial charge >= 0.3 is 0 Å². The molecule has 4 heteroatoms. The fourth-order valence-corrected chi connectivity index (χ4v) is 2.16. The van der Waals surface area contributed by atoms with Gasteiger partial charge in [-0.05, 0) is 43.7 Å². The standard InChI is InChI=1S/C14H12BrN3/c1-8-7-10(4-5-11(8)15)13-17-12-6-3-9(2)16-14(12)18-13/h3-7H,1-2H3,(H,16,17,18). The van der Waals surface area contributed by atoms with Gasteiger partial charge in [0.15, 0.2) is 5.65 Å². The van der Waals surface area contributed by atoms with Crippen LogP contribution in [0, 0.1) is 13.8 Å². The SMILES string of the molecule is Cc1ccc2[nH]c(-c3ccc(Br)c(C)c3)nc2n1. The van der Waals surface area contributed by atoms with E-state index in [0.717, 1.165) is 32.7 Å². The highest BCUT2D eigenvalue weighted by Crippen LogP contribution is 2.24. The first-order valence-corrected chi connectivity index (χ1v) is 6.53. The van der Waals surface area contributed by atoms with Crippen LogP contribution in [0.4, 0.5) is 0 Å². The Morgan fingerprint density at radius 3 is 2.67 bits per heavy atom. The van der Waals surface area contributed by atoms with Crippen molar-refractivity contribution in [3.05, 3.63) is 46.1 Å². The van der Waals surface area contributed by atoms with Gasteiger partial charge in [-0.15, -0.1) is 0 Å². The molecule has 0 saturated carbocycles. The van der Waals surface area contributed by atoms with Crippen molar-refractivity contribution >= 4 is 27.1 Å². The summed E-state index contributed by atoms with van der Waals surface area (Å²) in [5.41, 5.74) is 4.98. The highest BCUT2D eigenvalue weighted by Gasteiger charge is 2.07. The molecule has 1 aromatic carbocycles. The van der Waals surface area contributed by atoms with Crippen molar-refractivity contribution in [1.82, 2.24) is 15.0 Å². The predicted octanol–water partition coefficient (Wildman–Crippen LogP) is 4.00. The number of aryl methyl sites for hydroxylation is 2. The van der Waals surface area contributed by atoms with Gasteiger partial charge in [-0.3, -0.25) is 0 Å². The molecule has 0 spiro atoms. The molecule has 3 nitrogen and oxygen atoms in total. The van der Waals surface area contributed by atoms with Gasteiger partial charge in [0.2, 0.25) is 0 Å². The minimum absolute atomic E-state index is 0.769. The van der Waals surface area contributed by atoms with E-state index in [0.29, 0.717) is 0 Å². The van der Waals surface area contributed by atoms with Crippen LogP contribution in [0.5, 0.6) is 0 Å². The van der Waals surface area contributed by atoms with E-state index < -0.39 is 0 Å². The van der Waals surface area contributed by atoms with Crippen molar-refractivity contribution in [2.75, 3.05) is 0 Å². The van der Waals surface area contributed by atoms with Crippen molar-refractivity contribution in [2.24, 2.45) is 0 Å². The minimum atomic E-state index is 0.769. The van der Waals surface area contributed by atoms with Gasteiger partial charge in [0, 0.05) is 15.7 Å². The molecular formula is C14H12BrN3. The summed E-state index contributed by atoms with van der Waals surface area (Å²) in [6.07, 6.45) is 0. The molecule has 0 fully saturated rings. The number of aromatic nitrogens is 3. The molecule has 0 aliphatic rings. The Kier molecular flexibility index (Phi) is 2.67. The van der Waals surface area contributed by atoms with Gasteiger partial charge < -0.3 is 4.98 Å². The normalized spacial score (nSPS) is 11.1. The molecule has 90 valence electrons. The predicted molar refractivity (Wildman–Crippen MR) is 76.5 cm³/mol. The van der Waals surface area contributed by atoms with E-state index in [1.54, 1.807) is 0 Å². The molecule has 0 aliphatic carbocycles. The number of H-pyrrole nitrogens is 1. The van der Waals surface area contributed by atoms with Crippen LogP contribution in [0.3, 0.4) is 0 Å². The zero-order valence-electron chi connectivity index (χ0n) is 10.2. The topological polar surface area (TPSA) is 41.6 Å². The summed E-state index contributed by atoms with van der Waals surface area (Å²) in [5, 5.41) is 0. The maximum atomic E-state index is 4.53. The monoisotopic (exact) mass is 301 g/mol. The van der Waals surface area contributed by atoms with Gasteiger partial charge in [0.05, 0.1) is 5.52 Å². The number of rotatable bonds is 1. The van der Waals surface area contributed by atoms with E-state index in [-0.39, 0.29) is 0 Å². The molecule has 3 rings (SSSR count). The highest BCUT2D eigenvalue weighted by molar-refractivity contribution is 9.10. The van der Waals surface area contributed by atoms with Crippen molar-refractivity contribution in [3.63, 3.8) is 0 Å². The van der Waals surface area contributed by atoms with E-state index in [9.17, 15) is 0 Å². The number of nitrogens with zero attached hydrogens (tertiary/aromatic N) is 2. The Bertz CT molecular complexity index is 731. The van der Waals surface area contributed by atoms with Crippen molar-refractivity contribution < 1.29 is 0 Å². The van der Waals surface area contributed by atoms with E-state index >= 15 is 0 Å². The summed E-state index contributed by atoms with van der Waals surface area (Å²) in [7, 11) is 0. The van der Waals surface area contributed by atoms with Crippen LogP contribution in [-0.2, 0) is 0 Å². The van der Waals surface area contributed by atoms with Crippen LogP contribution in [0.25, 0.3) is 22.6 Å². The third kappa shape index (κ3) is 1.93. The number of aromatic amines is 1. The van der Waals surface area contributed by atoms with E-state index in [1.807, 2.05) is 31.2 Å². The number of imidazole rings is 1. The van der Waals surface area contributed by atoms with Gasteiger partial charge in [0.1, 0.15) is 5.82 Å². The Balaban J connectivity index is 2.16. The smallest absolute Gasteiger partial charge is 0.178 e. The van der Waals surface area contributed by atoms with Crippen LogP contribution < -0.4 is 0 Å². The fourth-order valence-electron chi connectivity index (χ4n) is 1.92. The van der Waals surface area contributed by atoms with E-state index in [4.69, 9.17) is 0 Å². The maximum absolute atomic E-state index is 4.53. The molecule has 0 aliphatic heterocycles. The molecule has 2 aromatic heterocycles. The number of hydrogen-bond acceptors (Lipinski definition) is 2. The molecule has 18 heavy (non-hydrogen) atoms. The van der Waals surface area contributed by atoms with E-state index in [2.05, 4.69) is 43.9 Å². The highest BCUT2D eigenvalue weighted by atomic mass is 79.9. The first-order valence-electron chi connectivity index (χ1n) is 5.73. The molecule has 0 atom stereocenters. The molecule has 0 saturated heterocycles. The summed E-state index contributed by atoms with van der Waals surface area (Å²) in [6, 6.07) is 10.2. The molecule has 0 bridgehead atoms. The van der Waals surface area contributed by atoms with Crippen molar-refractivity contribution in [1.29, 1.82) is 0 Å². The molecule has 0 radical (unpaired) electrons. The molecule has 0 amide bonds. The van der Waals surface area contributed by atoms with Crippen LogP contribution >= 0.6 is 15.9 Å². The molecule has 2 heterocycles. The zero-order chi connectivity index (χ0) is 12.7. The lowest BCUT2D eigenvalue weighted by Gasteiger charge is -2.00. The van der Waals surface area contributed by atoms with Crippen LogP contribution in [0.1, 0.15) is 11.3 Å². The largest absolute Gasteiger partial charge is 0.337 e. The zero-order valence-corrected chi connectivity index (χ0v) is 11.7. The Labute approximate surface area is 113 Å². The average Bonchev–Trinajstić information content (AvgIpc) is 2.75. The first-order chi connectivity index (χ1) is 8.63. The van der Waals surface area contributed by atoms with Gasteiger partial charge in [-0.1, -0.05) is 22.0 Å². The van der Waals surface area contributed by atoms with Crippen LogP contribution in [-0.4, -0.2) is 15.0 Å². The molecular weight excluding hydrogens is 290 g/mol. The second-order valence-electron chi connectivity index (χ2n) is 4.37. The number of halogens is 1. The second-order valence-corrected chi connectivity index (χ2v) is 5.23. The molecule has 3 aromatic rings. The lowest BCUT2D eigenvalue weighted by atomic mass is 10.1. The summed E-state index contributed by atoms with van der Waals surface area (Å²) in [4.78, 5) is 12.2. The maximum Gasteiger partial charge on any atom is 0.178 e. The fraction of sp³-hybridized carbons (Fsp3) is 0.143.